The zero-order chi connectivity index (χ0) is 19.9. The number of anilines is 2. The van der Waals surface area contributed by atoms with Crippen LogP contribution in [0.25, 0.3) is 11.3 Å². The first-order valence-electron chi connectivity index (χ1n) is 9.69. The number of unbranched alkanes of at least 4 members (excludes halogenated alkanes) is 1. The van der Waals surface area contributed by atoms with E-state index in [1.54, 1.807) is 12.3 Å². The first kappa shape index (κ1) is 19.9. The Morgan fingerprint density at radius 2 is 2.00 bits per heavy atom. The lowest BCUT2D eigenvalue weighted by atomic mass is 9.93. The normalized spacial score (nSPS) is 19.2. The molecule has 0 radical (unpaired) electrons. The molecule has 0 saturated heterocycles. The van der Waals surface area contributed by atoms with Gasteiger partial charge in [0.05, 0.1) is 17.4 Å². The number of rotatable bonds is 8. The molecule has 0 aromatic carbocycles. The molecule has 0 spiro atoms. The number of carboxylic acids is 1. The van der Waals surface area contributed by atoms with Gasteiger partial charge in [0, 0.05) is 18.8 Å². The first-order valence-corrected chi connectivity index (χ1v) is 9.69. The maximum Gasteiger partial charge on any atom is 0.356 e. The van der Waals surface area contributed by atoms with Crippen LogP contribution < -0.4 is 10.6 Å². The average molecular weight is 386 g/mol. The van der Waals surface area contributed by atoms with Crippen LogP contribution in [0.2, 0.25) is 0 Å². The molecule has 0 atom stereocenters. The van der Waals surface area contributed by atoms with Gasteiger partial charge in [-0.1, -0.05) is 13.3 Å². The van der Waals surface area contributed by atoms with Crippen LogP contribution in [0, 0.1) is 0 Å². The van der Waals surface area contributed by atoms with Crippen LogP contribution in [0.3, 0.4) is 0 Å². The van der Waals surface area contributed by atoms with E-state index in [0.29, 0.717) is 23.0 Å². The molecule has 9 nitrogen and oxygen atoms in total. The van der Waals surface area contributed by atoms with Gasteiger partial charge in [0.1, 0.15) is 5.82 Å². The number of carbonyl (C=O) groups is 1. The van der Waals surface area contributed by atoms with Gasteiger partial charge >= 0.3 is 5.97 Å². The molecular formula is C19H26N6O3. The molecule has 150 valence electrons. The van der Waals surface area contributed by atoms with E-state index in [9.17, 15) is 9.90 Å². The fourth-order valence-electron chi connectivity index (χ4n) is 3.14. The second-order valence-electron chi connectivity index (χ2n) is 6.99. The summed E-state index contributed by atoms with van der Waals surface area (Å²) in [5.41, 5.74) is 1.05. The van der Waals surface area contributed by atoms with Crippen LogP contribution in [0.15, 0.2) is 18.3 Å². The summed E-state index contributed by atoms with van der Waals surface area (Å²) in [5.74, 6) is 0.0447. The minimum atomic E-state index is -1.12. The predicted molar refractivity (Wildman–Crippen MR) is 105 cm³/mol. The maximum absolute atomic E-state index is 11.0. The van der Waals surface area contributed by atoms with Crippen molar-refractivity contribution >= 4 is 17.7 Å². The zero-order valence-corrected chi connectivity index (χ0v) is 15.9. The molecule has 1 fully saturated rings. The summed E-state index contributed by atoms with van der Waals surface area (Å²) in [6, 6.07) is 3.22. The van der Waals surface area contributed by atoms with Crippen molar-refractivity contribution in [1.82, 2.24) is 20.2 Å². The van der Waals surface area contributed by atoms with E-state index < -0.39 is 5.97 Å². The number of aliphatic hydroxyl groups is 1. The van der Waals surface area contributed by atoms with Gasteiger partial charge in [0.25, 0.3) is 0 Å². The molecule has 1 aliphatic rings. The number of nitrogens with one attached hydrogen (secondary N) is 2. The van der Waals surface area contributed by atoms with Crippen molar-refractivity contribution in [3.63, 3.8) is 0 Å². The number of hydrogen-bond acceptors (Lipinski definition) is 8. The summed E-state index contributed by atoms with van der Waals surface area (Å²) in [6.45, 7) is 2.91. The molecule has 9 heteroatoms. The van der Waals surface area contributed by atoms with Gasteiger partial charge < -0.3 is 20.8 Å². The van der Waals surface area contributed by atoms with Gasteiger partial charge in [-0.2, -0.15) is 4.98 Å². The highest BCUT2D eigenvalue weighted by molar-refractivity contribution is 5.85. The average Bonchev–Trinajstić information content (AvgIpc) is 2.70. The molecular weight excluding hydrogens is 360 g/mol. The first-order chi connectivity index (χ1) is 13.6. The third-order valence-corrected chi connectivity index (χ3v) is 4.80. The highest BCUT2D eigenvalue weighted by Gasteiger charge is 2.21. The van der Waals surface area contributed by atoms with E-state index >= 15 is 0 Å². The molecule has 2 heterocycles. The Kier molecular flexibility index (Phi) is 6.70. The SMILES string of the molecule is CCCCNc1ncc(-c2ccc(C(=O)O)nn2)c(NC2CCC(O)CC2)n1. The standard InChI is InChI=1S/C19H26N6O3/c1-2-3-10-20-19-21-11-14(15-8-9-16(18(27)28)25-24-15)17(23-19)22-12-4-6-13(26)7-5-12/h8-9,11-13,26H,2-7,10H2,1H3,(H,27,28)(H2,20,21,22,23). The summed E-state index contributed by atoms with van der Waals surface area (Å²) in [4.78, 5) is 20.0. The molecule has 0 aliphatic heterocycles. The molecule has 2 aromatic rings. The highest BCUT2D eigenvalue weighted by Crippen LogP contribution is 2.28. The number of aliphatic hydroxyl groups excluding tert-OH is 1. The monoisotopic (exact) mass is 386 g/mol. The fourth-order valence-corrected chi connectivity index (χ4v) is 3.14. The number of aromatic carboxylic acids is 1. The Balaban J connectivity index is 1.85. The summed E-state index contributed by atoms with van der Waals surface area (Å²) < 4.78 is 0. The van der Waals surface area contributed by atoms with E-state index in [2.05, 4.69) is 37.7 Å². The topological polar surface area (TPSA) is 133 Å². The smallest absolute Gasteiger partial charge is 0.356 e. The predicted octanol–water partition coefficient (Wildman–Crippen LogP) is 2.56. The lowest BCUT2D eigenvalue weighted by Gasteiger charge is -2.27. The van der Waals surface area contributed by atoms with Crippen LogP contribution in [-0.2, 0) is 0 Å². The molecule has 0 unspecified atom stereocenters. The summed E-state index contributed by atoms with van der Waals surface area (Å²) >= 11 is 0. The highest BCUT2D eigenvalue weighted by atomic mass is 16.4. The third-order valence-electron chi connectivity index (χ3n) is 4.80. The lowest BCUT2D eigenvalue weighted by Crippen LogP contribution is -2.29. The van der Waals surface area contributed by atoms with Gasteiger partial charge in [-0.3, -0.25) is 0 Å². The van der Waals surface area contributed by atoms with E-state index in [1.807, 2.05) is 0 Å². The van der Waals surface area contributed by atoms with Gasteiger partial charge in [0.15, 0.2) is 5.69 Å². The van der Waals surface area contributed by atoms with Crippen LogP contribution in [-0.4, -0.2) is 55.0 Å². The molecule has 3 rings (SSSR count). The zero-order valence-electron chi connectivity index (χ0n) is 15.9. The van der Waals surface area contributed by atoms with Crippen molar-refractivity contribution in [3.8, 4) is 11.3 Å². The van der Waals surface area contributed by atoms with Crippen molar-refractivity contribution in [2.24, 2.45) is 0 Å². The minimum Gasteiger partial charge on any atom is -0.476 e. The Morgan fingerprint density at radius 1 is 1.21 bits per heavy atom. The van der Waals surface area contributed by atoms with Crippen molar-refractivity contribution in [2.75, 3.05) is 17.2 Å². The van der Waals surface area contributed by atoms with Crippen LogP contribution in [0.4, 0.5) is 11.8 Å². The molecule has 1 aliphatic carbocycles. The van der Waals surface area contributed by atoms with E-state index in [-0.39, 0.29) is 17.8 Å². The van der Waals surface area contributed by atoms with Gasteiger partial charge in [-0.05, 0) is 44.2 Å². The van der Waals surface area contributed by atoms with Crippen molar-refractivity contribution in [1.29, 1.82) is 0 Å². The molecule has 2 aromatic heterocycles. The molecule has 4 N–H and O–H groups in total. The Bertz CT molecular complexity index is 791. The number of aromatic nitrogens is 4. The van der Waals surface area contributed by atoms with Gasteiger partial charge in [0.2, 0.25) is 5.95 Å². The number of hydrogen-bond donors (Lipinski definition) is 4. The third kappa shape index (κ3) is 5.13. The van der Waals surface area contributed by atoms with E-state index in [1.165, 1.54) is 6.07 Å². The molecule has 28 heavy (non-hydrogen) atoms. The number of carboxylic acid groups (broad SMARTS) is 1. The second-order valence-corrected chi connectivity index (χ2v) is 6.99. The summed E-state index contributed by atoms with van der Waals surface area (Å²) in [6.07, 6.45) is 6.76. The Morgan fingerprint density at radius 3 is 2.64 bits per heavy atom. The van der Waals surface area contributed by atoms with Crippen molar-refractivity contribution in [3.05, 3.63) is 24.0 Å². The summed E-state index contributed by atoms with van der Waals surface area (Å²) in [5, 5.41) is 33.2. The van der Waals surface area contributed by atoms with E-state index in [0.717, 1.165) is 45.1 Å². The van der Waals surface area contributed by atoms with Crippen molar-refractivity contribution < 1.29 is 15.0 Å². The fraction of sp³-hybridized carbons (Fsp3) is 0.526. The molecule has 0 amide bonds. The largest absolute Gasteiger partial charge is 0.476 e. The Labute approximate surface area is 163 Å². The van der Waals surface area contributed by atoms with E-state index in [4.69, 9.17) is 5.11 Å². The maximum atomic E-state index is 11.0. The quantitative estimate of drug-likeness (QED) is 0.505. The lowest BCUT2D eigenvalue weighted by molar-refractivity contribution is 0.0689. The van der Waals surface area contributed by atoms with Gasteiger partial charge in [-0.25, -0.2) is 9.78 Å². The molecule has 1 saturated carbocycles. The number of nitrogens with zero attached hydrogens (tertiary/aromatic N) is 4. The Hall–Kier alpha value is -2.81. The van der Waals surface area contributed by atoms with Gasteiger partial charge in [-0.15, -0.1) is 10.2 Å². The van der Waals surface area contributed by atoms with Crippen LogP contribution in [0.1, 0.15) is 55.9 Å². The molecule has 0 bridgehead atoms. The van der Waals surface area contributed by atoms with Crippen LogP contribution >= 0.6 is 0 Å². The minimum absolute atomic E-state index is 0.113. The van der Waals surface area contributed by atoms with Crippen molar-refractivity contribution in [2.45, 2.75) is 57.6 Å². The van der Waals surface area contributed by atoms with Crippen LogP contribution in [0.5, 0.6) is 0 Å². The summed E-state index contributed by atoms with van der Waals surface area (Å²) in [7, 11) is 0. The second kappa shape index (κ2) is 9.41.